The van der Waals surface area contributed by atoms with Gasteiger partial charge in [0.15, 0.2) is 0 Å². The third kappa shape index (κ3) is 8.29. The normalized spacial score (nSPS) is 11.1. The minimum atomic E-state index is 0.917. The zero-order valence-electron chi connectivity index (χ0n) is 9.64. The molecule has 0 aliphatic rings. The molecule has 0 rings (SSSR count). The number of ether oxygens (including phenoxy) is 1. The zero-order chi connectivity index (χ0) is 9.94. The van der Waals surface area contributed by atoms with E-state index in [4.69, 9.17) is 4.74 Å². The average Bonchev–Trinajstić information content (AvgIpc) is 2.17. The van der Waals surface area contributed by atoms with Crippen molar-refractivity contribution in [2.45, 2.75) is 58.8 Å². The van der Waals surface area contributed by atoms with Gasteiger partial charge in [0.2, 0.25) is 0 Å². The Morgan fingerprint density at radius 2 is 1.46 bits per heavy atom. The Balaban J connectivity index is 3.47. The fourth-order valence-corrected chi connectivity index (χ4v) is 1.70. The molecule has 0 unspecified atom stereocenters. The maximum absolute atomic E-state index is 5.13. The molecular formula is C12H26O. The van der Waals surface area contributed by atoms with Crippen molar-refractivity contribution >= 4 is 0 Å². The van der Waals surface area contributed by atoms with E-state index in [2.05, 4.69) is 13.8 Å². The molecule has 0 atom stereocenters. The molecule has 0 fully saturated rings. The van der Waals surface area contributed by atoms with Crippen LogP contribution in [0.5, 0.6) is 0 Å². The first kappa shape index (κ1) is 13.0. The van der Waals surface area contributed by atoms with Crippen LogP contribution in [0.3, 0.4) is 0 Å². The summed E-state index contributed by atoms with van der Waals surface area (Å²) in [7, 11) is 1.80. The van der Waals surface area contributed by atoms with Crippen molar-refractivity contribution < 1.29 is 4.74 Å². The lowest BCUT2D eigenvalue weighted by molar-refractivity contribution is 0.171. The van der Waals surface area contributed by atoms with Gasteiger partial charge < -0.3 is 4.74 Å². The summed E-state index contributed by atoms with van der Waals surface area (Å²) in [5.74, 6) is 0.917. The second-order valence-corrected chi connectivity index (χ2v) is 3.93. The van der Waals surface area contributed by atoms with Crippen molar-refractivity contribution in [1.82, 2.24) is 0 Å². The van der Waals surface area contributed by atoms with Gasteiger partial charge in [0.1, 0.15) is 0 Å². The molecule has 0 aliphatic carbocycles. The molecule has 0 amide bonds. The molecule has 80 valence electrons. The monoisotopic (exact) mass is 186 g/mol. The average molecular weight is 186 g/mol. The summed E-state index contributed by atoms with van der Waals surface area (Å²) in [5.41, 5.74) is 0. The largest absolute Gasteiger partial charge is 0.385 e. The predicted octanol–water partition coefficient (Wildman–Crippen LogP) is 4.02. The van der Waals surface area contributed by atoms with Crippen LogP contribution in [0.2, 0.25) is 0 Å². The summed E-state index contributed by atoms with van der Waals surface area (Å²) in [6, 6.07) is 0. The summed E-state index contributed by atoms with van der Waals surface area (Å²) in [6.07, 6.45) is 9.50. The smallest absolute Gasteiger partial charge is 0.0464 e. The van der Waals surface area contributed by atoms with Crippen molar-refractivity contribution in [1.29, 1.82) is 0 Å². The molecule has 0 bridgehead atoms. The van der Waals surface area contributed by atoms with E-state index in [9.17, 15) is 0 Å². The van der Waals surface area contributed by atoms with Crippen molar-refractivity contribution in [3.05, 3.63) is 0 Å². The predicted molar refractivity (Wildman–Crippen MR) is 59.0 cm³/mol. The maximum Gasteiger partial charge on any atom is 0.0464 e. The Kier molecular flexibility index (Phi) is 10.0. The van der Waals surface area contributed by atoms with Crippen LogP contribution in [0.4, 0.5) is 0 Å². The number of methoxy groups -OCH3 is 1. The minimum Gasteiger partial charge on any atom is -0.385 e. The van der Waals surface area contributed by atoms with Gasteiger partial charge in [-0.3, -0.25) is 0 Å². The van der Waals surface area contributed by atoms with Gasteiger partial charge in [-0.1, -0.05) is 52.4 Å². The molecule has 0 N–H and O–H groups in total. The number of unbranched alkanes of at least 4 members (excludes halogenated alkanes) is 2. The van der Waals surface area contributed by atoms with Crippen molar-refractivity contribution in [2.75, 3.05) is 13.7 Å². The second kappa shape index (κ2) is 10.0. The molecule has 0 heterocycles. The highest BCUT2D eigenvalue weighted by Gasteiger charge is 2.06. The van der Waals surface area contributed by atoms with E-state index in [1.165, 1.54) is 44.9 Å². The molecule has 1 nitrogen and oxygen atoms in total. The van der Waals surface area contributed by atoms with Crippen LogP contribution < -0.4 is 0 Å². The molecule has 0 radical (unpaired) electrons. The SMILES string of the molecule is CCCCC(CCCC)CCOC. The van der Waals surface area contributed by atoms with Gasteiger partial charge in [-0.15, -0.1) is 0 Å². The topological polar surface area (TPSA) is 9.23 Å². The third-order valence-electron chi connectivity index (χ3n) is 2.66. The van der Waals surface area contributed by atoms with Crippen LogP contribution >= 0.6 is 0 Å². The zero-order valence-corrected chi connectivity index (χ0v) is 9.64. The first-order chi connectivity index (χ1) is 6.35. The Morgan fingerprint density at radius 1 is 0.923 bits per heavy atom. The second-order valence-electron chi connectivity index (χ2n) is 3.93. The Hall–Kier alpha value is -0.0400. The van der Waals surface area contributed by atoms with E-state index in [-0.39, 0.29) is 0 Å². The Labute approximate surface area is 83.9 Å². The molecule has 0 aromatic rings. The lowest BCUT2D eigenvalue weighted by Gasteiger charge is -2.15. The lowest BCUT2D eigenvalue weighted by Crippen LogP contribution is -2.04. The highest BCUT2D eigenvalue weighted by Crippen LogP contribution is 2.19. The van der Waals surface area contributed by atoms with Crippen LogP contribution in [-0.2, 0) is 4.74 Å². The van der Waals surface area contributed by atoms with Gasteiger partial charge in [0.25, 0.3) is 0 Å². The summed E-state index contributed by atoms with van der Waals surface area (Å²) in [4.78, 5) is 0. The standard InChI is InChI=1S/C12H26O/c1-4-6-8-12(9-7-5-2)10-11-13-3/h12H,4-11H2,1-3H3. The highest BCUT2D eigenvalue weighted by molar-refractivity contribution is 4.59. The third-order valence-corrected chi connectivity index (χ3v) is 2.66. The molecule has 13 heavy (non-hydrogen) atoms. The van der Waals surface area contributed by atoms with Crippen molar-refractivity contribution in [3.8, 4) is 0 Å². The van der Waals surface area contributed by atoms with Gasteiger partial charge in [-0.25, -0.2) is 0 Å². The molecule has 0 aromatic carbocycles. The summed E-state index contributed by atoms with van der Waals surface area (Å²) < 4.78 is 5.13. The van der Waals surface area contributed by atoms with E-state index < -0.39 is 0 Å². The summed E-state index contributed by atoms with van der Waals surface area (Å²) in [5, 5.41) is 0. The number of hydrogen-bond acceptors (Lipinski definition) is 1. The maximum atomic E-state index is 5.13. The van der Waals surface area contributed by atoms with E-state index in [0.29, 0.717) is 0 Å². The summed E-state index contributed by atoms with van der Waals surface area (Å²) >= 11 is 0. The molecular weight excluding hydrogens is 160 g/mol. The van der Waals surface area contributed by atoms with Gasteiger partial charge in [-0.2, -0.15) is 0 Å². The van der Waals surface area contributed by atoms with Crippen molar-refractivity contribution in [2.24, 2.45) is 5.92 Å². The van der Waals surface area contributed by atoms with Crippen LogP contribution in [0, 0.1) is 5.92 Å². The van der Waals surface area contributed by atoms with E-state index in [1.807, 2.05) is 0 Å². The fraction of sp³-hybridized carbons (Fsp3) is 1.00. The number of hydrogen-bond donors (Lipinski definition) is 0. The Morgan fingerprint density at radius 3 is 1.85 bits per heavy atom. The Bertz CT molecular complexity index is 72.1. The molecule has 0 spiro atoms. The highest BCUT2D eigenvalue weighted by atomic mass is 16.5. The fourth-order valence-electron chi connectivity index (χ4n) is 1.70. The van der Waals surface area contributed by atoms with Gasteiger partial charge >= 0.3 is 0 Å². The van der Waals surface area contributed by atoms with Gasteiger partial charge in [0, 0.05) is 13.7 Å². The van der Waals surface area contributed by atoms with E-state index in [0.717, 1.165) is 12.5 Å². The number of rotatable bonds is 9. The quantitative estimate of drug-likeness (QED) is 0.528. The van der Waals surface area contributed by atoms with Gasteiger partial charge in [0.05, 0.1) is 0 Å². The first-order valence-corrected chi connectivity index (χ1v) is 5.84. The van der Waals surface area contributed by atoms with Gasteiger partial charge in [-0.05, 0) is 12.3 Å². The first-order valence-electron chi connectivity index (χ1n) is 5.84. The van der Waals surface area contributed by atoms with Crippen LogP contribution in [0.25, 0.3) is 0 Å². The van der Waals surface area contributed by atoms with E-state index in [1.54, 1.807) is 7.11 Å². The molecule has 1 heteroatoms. The molecule has 0 aromatic heterocycles. The van der Waals surface area contributed by atoms with Crippen LogP contribution in [0.1, 0.15) is 58.8 Å². The van der Waals surface area contributed by atoms with E-state index >= 15 is 0 Å². The van der Waals surface area contributed by atoms with Crippen molar-refractivity contribution in [3.63, 3.8) is 0 Å². The van der Waals surface area contributed by atoms with Crippen LogP contribution in [-0.4, -0.2) is 13.7 Å². The lowest BCUT2D eigenvalue weighted by atomic mass is 9.93. The minimum absolute atomic E-state index is 0.917. The molecule has 0 saturated carbocycles. The molecule has 0 aliphatic heterocycles. The van der Waals surface area contributed by atoms with Crippen LogP contribution in [0.15, 0.2) is 0 Å². The molecule has 0 saturated heterocycles. The summed E-state index contributed by atoms with van der Waals surface area (Å²) in [6.45, 7) is 5.48.